The molecule has 2 aliphatic heterocycles. The van der Waals surface area contributed by atoms with Crippen LogP contribution in [0, 0.1) is 6.92 Å². The van der Waals surface area contributed by atoms with Crippen molar-refractivity contribution < 1.29 is 18.9 Å². The van der Waals surface area contributed by atoms with E-state index in [0.717, 1.165) is 4.90 Å². The van der Waals surface area contributed by atoms with Gasteiger partial charge in [-0.15, -0.1) is 11.8 Å². The topological polar surface area (TPSA) is 108 Å². The smallest absolute Gasteiger partial charge is 0.254 e. The molecule has 2 aromatic rings. The van der Waals surface area contributed by atoms with Crippen LogP contribution >= 0.6 is 11.8 Å². The number of benzene rings is 1. The molecule has 1 aromatic carbocycles. The normalized spacial score (nSPS) is 19.2. The summed E-state index contributed by atoms with van der Waals surface area (Å²) in [6.07, 6.45) is 0. The molecule has 2 N–H and O–H groups in total. The maximum atomic E-state index is 12.9. The number of nitrogens with zero attached hydrogens (tertiary/aromatic N) is 3. The van der Waals surface area contributed by atoms with Crippen molar-refractivity contribution >= 4 is 41.0 Å². The Morgan fingerprint density at radius 2 is 2.03 bits per heavy atom. The van der Waals surface area contributed by atoms with Gasteiger partial charge < -0.3 is 20.1 Å². The molecule has 4 rings (SSSR count). The summed E-state index contributed by atoms with van der Waals surface area (Å²) in [6, 6.07) is 7.09. The third-order valence-electron chi connectivity index (χ3n) is 5.08. The average Bonchev–Trinajstić information content (AvgIpc) is 3.13. The highest BCUT2D eigenvalue weighted by molar-refractivity contribution is 8.00. The summed E-state index contributed by atoms with van der Waals surface area (Å²) < 4.78 is 4.94. The minimum atomic E-state index is -0.166. The van der Waals surface area contributed by atoms with Gasteiger partial charge in [-0.05, 0) is 32.0 Å². The molecule has 2 aliphatic rings. The molecule has 30 heavy (non-hydrogen) atoms. The molecule has 0 radical (unpaired) electrons. The Hall–Kier alpha value is -2.85. The zero-order chi connectivity index (χ0) is 21.3. The number of aryl methyl sites for hydroxylation is 1. The van der Waals surface area contributed by atoms with Gasteiger partial charge in [0.25, 0.3) is 5.91 Å². The van der Waals surface area contributed by atoms with Crippen molar-refractivity contribution in [2.75, 3.05) is 43.4 Å². The van der Waals surface area contributed by atoms with E-state index in [1.807, 2.05) is 17.9 Å². The maximum absolute atomic E-state index is 12.9. The summed E-state index contributed by atoms with van der Waals surface area (Å²) in [5.74, 6) is 0.744. The van der Waals surface area contributed by atoms with Crippen LogP contribution in [-0.2, 0) is 9.59 Å². The highest BCUT2D eigenvalue weighted by atomic mass is 32.2. The van der Waals surface area contributed by atoms with E-state index >= 15 is 0 Å². The minimum Gasteiger partial charge on any atom is -0.360 e. The van der Waals surface area contributed by atoms with Gasteiger partial charge in [0.05, 0.1) is 17.5 Å². The van der Waals surface area contributed by atoms with Crippen LogP contribution in [-0.4, -0.2) is 70.7 Å². The van der Waals surface area contributed by atoms with Gasteiger partial charge in [-0.2, -0.15) is 0 Å². The number of carbonyl (C=O) groups excluding carboxylic acids is 3. The van der Waals surface area contributed by atoms with E-state index in [-0.39, 0.29) is 29.5 Å². The fraction of sp³-hybridized carbons (Fsp3) is 0.400. The van der Waals surface area contributed by atoms with E-state index in [1.165, 1.54) is 11.8 Å². The number of amides is 3. The Morgan fingerprint density at radius 1 is 1.27 bits per heavy atom. The second-order valence-electron chi connectivity index (χ2n) is 7.40. The highest BCUT2D eigenvalue weighted by Crippen LogP contribution is 2.36. The van der Waals surface area contributed by atoms with Crippen LogP contribution in [0.2, 0.25) is 0 Å². The number of nitrogens with one attached hydrogen (secondary N) is 2. The lowest BCUT2D eigenvalue weighted by atomic mass is 10.1. The second-order valence-corrected chi connectivity index (χ2v) is 8.78. The van der Waals surface area contributed by atoms with E-state index < -0.39 is 0 Å². The molecule has 158 valence electrons. The van der Waals surface area contributed by atoms with Gasteiger partial charge in [0.2, 0.25) is 11.8 Å². The molecule has 1 saturated heterocycles. The number of hydrogen-bond acceptors (Lipinski definition) is 7. The molecule has 0 bridgehead atoms. The first kappa shape index (κ1) is 20.4. The monoisotopic (exact) mass is 429 g/mol. The first-order valence-corrected chi connectivity index (χ1v) is 10.6. The van der Waals surface area contributed by atoms with Crippen LogP contribution in [0.25, 0.3) is 0 Å². The van der Waals surface area contributed by atoms with Crippen molar-refractivity contribution in [3.8, 4) is 0 Å². The number of aromatic nitrogens is 1. The molecule has 3 heterocycles. The van der Waals surface area contributed by atoms with E-state index in [2.05, 4.69) is 15.8 Å². The third kappa shape index (κ3) is 4.49. The van der Waals surface area contributed by atoms with E-state index in [1.54, 1.807) is 30.0 Å². The van der Waals surface area contributed by atoms with Gasteiger partial charge in [0, 0.05) is 42.7 Å². The predicted molar refractivity (Wildman–Crippen MR) is 113 cm³/mol. The van der Waals surface area contributed by atoms with Crippen molar-refractivity contribution in [3.05, 3.63) is 35.6 Å². The molecule has 1 fully saturated rings. The number of rotatable bonds is 4. The molecule has 3 amide bonds. The minimum absolute atomic E-state index is 0.0511. The van der Waals surface area contributed by atoms with Crippen LogP contribution in [0.15, 0.2) is 33.7 Å². The summed E-state index contributed by atoms with van der Waals surface area (Å²) in [4.78, 5) is 41.7. The predicted octanol–water partition coefficient (Wildman–Crippen LogP) is 1.81. The Bertz CT molecular complexity index is 983. The number of carbonyl (C=O) groups is 3. The molecule has 0 aliphatic carbocycles. The quantitative estimate of drug-likeness (QED) is 0.763. The molecule has 1 aromatic heterocycles. The fourth-order valence-electron chi connectivity index (χ4n) is 3.44. The van der Waals surface area contributed by atoms with Gasteiger partial charge >= 0.3 is 0 Å². The SMILES string of the molecule is Cc1cc(NC(=O)CN2CCN(C(=O)c3ccc4c(c3)NC(=O)[C@H](C)S4)CC2)no1. The Labute approximate surface area is 178 Å². The first-order valence-electron chi connectivity index (χ1n) is 9.75. The van der Waals surface area contributed by atoms with Gasteiger partial charge in [0.1, 0.15) is 5.76 Å². The summed E-state index contributed by atoms with van der Waals surface area (Å²) in [6.45, 7) is 6.12. The number of fused-ring (bicyclic) bond motifs is 1. The molecular weight excluding hydrogens is 406 g/mol. The second kappa shape index (κ2) is 8.49. The lowest BCUT2D eigenvalue weighted by Gasteiger charge is -2.34. The summed E-state index contributed by atoms with van der Waals surface area (Å²) in [5.41, 5.74) is 1.24. The maximum Gasteiger partial charge on any atom is 0.254 e. The molecule has 0 unspecified atom stereocenters. The first-order chi connectivity index (χ1) is 14.4. The number of anilines is 2. The Balaban J connectivity index is 1.31. The van der Waals surface area contributed by atoms with E-state index in [0.29, 0.717) is 49.0 Å². The molecule has 0 spiro atoms. The summed E-state index contributed by atoms with van der Waals surface area (Å²) in [7, 11) is 0. The van der Waals surface area contributed by atoms with Crippen LogP contribution in [0.3, 0.4) is 0 Å². The van der Waals surface area contributed by atoms with Crippen molar-refractivity contribution in [1.82, 2.24) is 15.0 Å². The molecular formula is C20H23N5O4S. The van der Waals surface area contributed by atoms with Gasteiger partial charge in [-0.25, -0.2) is 0 Å². The third-order valence-corrected chi connectivity index (χ3v) is 6.26. The lowest BCUT2D eigenvalue weighted by molar-refractivity contribution is -0.117. The van der Waals surface area contributed by atoms with Crippen LogP contribution in [0.1, 0.15) is 23.0 Å². The van der Waals surface area contributed by atoms with Crippen molar-refractivity contribution in [1.29, 1.82) is 0 Å². The zero-order valence-electron chi connectivity index (χ0n) is 16.8. The van der Waals surface area contributed by atoms with Crippen molar-refractivity contribution in [2.24, 2.45) is 0 Å². The van der Waals surface area contributed by atoms with Gasteiger partial charge in [-0.1, -0.05) is 5.16 Å². The van der Waals surface area contributed by atoms with Gasteiger partial charge in [-0.3, -0.25) is 19.3 Å². The average molecular weight is 430 g/mol. The highest BCUT2D eigenvalue weighted by Gasteiger charge is 2.27. The Morgan fingerprint density at radius 3 is 2.73 bits per heavy atom. The van der Waals surface area contributed by atoms with Crippen molar-refractivity contribution in [3.63, 3.8) is 0 Å². The number of thioether (sulfide) groups is 1. The van der Waals surface area contributed by atoms with Crippen LogP contribution in [0.4, 0.5) is 11.5 Å². The number of piperazine rings is 1. The fourth-order valence-corrected chi connectivity index (χ4v) is 4.37. The van der Waals surface area contributed by atoms with Crippen LogP contribution in [0.5, 0.6) is 0 Å². The van der Waals surface area contributed by atoms with E-state index in [4.69, 9.17) is 4.52 Å². The molecule has 10 heteroatoms. The molecule has 1 atom stereocenters. The van der Waals surface area contributed by atoms with Crippen molar-refractivity contribution in [2.45, 2.75) is 24.0 Å². The standard InChI is InChI=1S/C20H23N5O4S/c1-12-9-17(23-29-12)22-18(26)11-24-5-7-25(8-6-24)20(28)14-3-4-16-15(10-14)21-19(27)13(2)30-16/h3-4,9-10,13H,5-8,11H2,1-2H3,(H,21,27)(H,22,23,26)/t13-/m0/s1. The summed E-state index contributed by atoms with van der Waals surface area (Å²) >= 11 is 1.49. The zero-order valence-corrected chi connectivity index (χ0v) is 17.6. The molecule has 9 nitrogen and oxygen atoms in total. The summed E-state index contributed by atoms with van der Waals surface area (Å²) in [5, 5.41) is 9.18. The Kier molecular flexibility index (Phi) is 5.78. The molecule has 0 saturated carbocycles. The largest absolute Gasteiger partial charge is 0.360 e. The van der Waals surface area contributed by atoms with E-state index in [9.17, 15) is 14.4 Å². The van der Waals surface area contributed by atoms with Crippen LogP contribution < -0.4 is 10.6 Å². The lowest BCUT2D eigenvalue weighted by Crippen LogP contribution is -2.50. The van der Waals surface area contributed by atoms with Gasteiger partial charge in [0.15, 0.2) is 5.82 Å². The number of hydrogen-bond donors (Lipinski definition) is 2.